The van der Waals surface area contributed by atoms with E-state index in [0.29, 0.717) is 23.0 Å². The van der Waals surface area contributed by atoms with E-state index in [1.165, 1.54) is 12.1 Å². The highest BCUT2D eigenvalue weighted by Gasteiger charge is 2.43. The molecule has 8 nitrogen and oxygen atoms in total. The lowest BCUT2D eigenvalue weighted by Crippen LogP contribution is -2.45. The highest BCUT2D eigenvalue weighted by molar-refractivity contribution is 5.69. The van der Waals surface area contributed by atoms with Crippen molar-refractivity contribution in [3.8, 4) is 0 Å². The van der Waals surface area contributed by atoms with Crippen molar-refractivity contribution in [3.63, 3.8) is 0 Å². The first-order valence-electron chi connectivity index (χ1n) is 15.0. The number of aromatic nitrogens is 4. The standard InChI is InChI=1S/C35H33F3N6O2/c1-23(25-11-6-3-7-12-25)42-33-41-16-15-30(43-33)29-21-44(34(45)46-22-24-9-4-2-5-10-24)31(32-39-17-18-40-32)20-28(29)26-13-8-14-27(19-26)35(36,37)38/h2-19,23,28-29,31H,20-22H2,1H3,(H,39,40)(H,41,42,43). The molecule has 5 aromatic rings. The molecular formula is C35H33F3N6O2. The van der Waals surface area contributed by atoms with Crippen LogP contribution in [0, 0.1) is 0 Å². The van der Waals surface area contributed by atoms with Crippen LogP contribution in [0.25, 0.3) is 0 Å². The summed E-state index contributed by atoms with van der Waals surface area (Å²) in [5, 5.41) is 3.33. The highest BCUT2D eigenvalue weighted by atomic mass is 19.4. The summed E-state index contributed by atoms with van der Waals surface area (Å²) in [5.41, 5.74) is 2.24. The van der Waals surface area contributed by atoms with Gasteiger partial charge in [-0.25, -0.2) is 19.7 Å². The molecule has 6 rings (SSSR count). The van der Waals surface area contributed by atoms with Gasteiger partial charge in [0.2, 0.25) is 5.95 Å². The molecule has 1 saturated heterocycles. The Hall–Kier alpha value is -5.19. The van der Waals surface area contributed by atoms with Gasteiger partial charge in [-0.1, -0.05) is 78.9 Å². The van der Waals surface area contributed by atoms with Gasteiger partial charge in [0.1, 0.15) is 12.4 Å². The summed E-state index contributed by atoms with van der Waals surface area (Å²) in [6.45, 7) is 2.20. The number of likely N-dealkylation sites (tertiary alicyclic amines) is 1. The van der Waals surface area contributed by atoms with Crippen LogP contribution < -0.4 is 5.32 Å². The van der Waals surface area contributed by atoms with Gasteiger partial charge in [-0.15, -0.1) is 0 Å². The lowest BCUT2D eigenvalue weighted by Gasteiger charge is -2.43. The molecule has 3 heterocycles. The van der Waals surface area contributed by atoms with Crippen molar-refractivity contribution in [1.29, 1.82) is 0 Å². The molecule has 0 spiro atoms. The van der Waals surface area contributed by atoms with Gasteiger partial charge in [-0.3, -0.25) is 4.90 Å². The molecule has 2 aromatic heterocycles. The molecule has 1 amide bonds. The first kappa shape index (κ1) is 30.8. The fourth-order valence-corrected chi connectivity index (χ4v) is 6.00. The van der Waals surface area contributed by atoms with Gasteiger partial charge in [0.05, 0.1) is 23.3 Å². The van der Waals surface area contributed by atoms with Crippen LogP contribution in [0.5, 0.6) is 0 Å². The van der Waals surface area contributed by atoms with E-state index >= 15 is 0 Å². The van der Waals surface area contributed by atoms with E-state index in [9.17, 15) is 18.0 Å². The van der Waals surface area contributed by atoms with Gasteiger partial charge in [0, 0.05) is 31.1 Å². The lowest BCUT2D eigenvalue weighted by atomic mass is 9.75. The monoisotopic (exact) mass is 626 g/mol. The lowest BCUT2D eigenvalue weighted by molar-refractivity contribution is -0.137. The first-order valence-corrected chi connectivity index (χ1v) is 15.0. The SMILES string of the molecule is CC(Nc1nccc(C2CN(C(=O)OCc3ccccc3)C(c3ncc[nH]3)CC2c2cccc(C(F)(F)F)c2)n1)c1ccccc1. The number of carbonyl (C=O) groups excluding carboxylic acids is 1. The minimum absolute atomic E-state index is 0.0712. The van der Waals surface area contributed by atoms with Crippen LogP contribution in [0.4, 0.5) is 23.9 Å². The predicted octanol–water partition coefficient (Wildman–Crippen LogP) is 8.04. The van der Waals surface area contributed by atoms with E-state index in [0.717, 1.165) is 17.2 Å². The third kappa shape index (κ3) is 7.03. The number of ether oxygens (including phenoxy) is 1. The Balaban J connectivity index is 1.36. The second-order valence-corrected chi connectivity index (χ2v) is 11.3. The number of carbonyl (C=O) groups is 1. The number of rotatable bonds is 8. The minimum atomic E-state index is -4.51. The summed E-state index contributed by atoms with van der Waals surface area (Å²) in [5.74, 6) is -0.0174. The van der Waals surface area contributed by atoms with Crippen LogP contribution in [-0.2, 0) is 17.5 Å². The Kier molecular flexibility index (Phi) is 9.00. The van der Waals surface area contributed by atoms with Crippen LogP contribution in [0.15, 0.2) is 110 Å². The van der Waals surface area contributed by atoms with E-state index in [1.54, 1.807) is 35.6 Å². The number of imidazole rings is 1. The topological polar surface area (TPSA) is 96.0 Å². The minimum Gasteiger partial charge on any atom is -0.445 e. The average Bonchev–Trinajstić information content (AvgIpc) is 3.62. The molecule has 1 aliphatic heterocycles. The zero-order valence-electron chi connectivity index (χ0n) is 25.1. The molecule has 4 unspecified atom stereocenters. The second-order valence-electron chi connectivity index (χ2n) is 11.3. The van der Waals surface area contributed by atoms with Crippen molar-refractivity contribution in [2.45, 2.75) is 50.0 Å². The first-order chi connectivity index (χ1) is 22.3. The Labute approximate surface area is 264 Å². The number of amides is 1. The summed E-state index contributed by atoms with van der Waals surface area (Å²) in [6.07, 6.45) is 0.0976. The maximum atomic E-state index is 13.8. The Morgan fingerprint density at radius 2 is 1.74 bits per heavy atom. The maximum absolute atomic E-state index is 13.8. The quantitative estimate of drug-likeness (QED) is 0.181. The second kappa shape index (κ2) is 13.4. The fourth-order valence-electron chi connectivity index (χ4n) is 6.00. The molecule has 0 bridgehead atoms. The van der Waals surface area contributed by atoms with E-state index in [1.807, 2.05) is 67.6 Å². The molecule has 46 heavy (non-hydrogen) atoms. The largest absolute Gasteiger partial charge is 0.445 e. The van der Waals surface area contributed by atoms with Crippen LogP contribution in [0.2, 0.25) is 0 Å². The van der Waals surface area contributed by atoms with Gasteiger partial charge >= 0.3 is 12.3 Å². The van der Waals surface area contributed by atoms with Crippen molar-refractivity contribution in [2.75, 3.05) is 11.9 Å². The van der Waals surface area contributed by atoms with Crippen molar-refractivity contribution in [2.24, 2.45) is 0 Å². The summed E-state index contributed by atoms with van der Waals surface area (Å²) in [6, 6.07) is 25.7. The Morgan fingerprint density at radius 1 is 0.978 bits per heavy atom. The van der Waals surface area contributed by atoms with E-state index in [2.05, 4.69) is 20.3 Å². The number of hydrogen-bond acceptors (Lipinski definition) is 6. The number of aromatic amines is 1. The molecule has 1 aliphatic rings. The van der Waals surface area contributed by atoms with E-state index in [-0.39, 0.29) is 25.6 Å². The van der Waals surface area contributed by atoms with Crippen LogP contribution in [0.1, 0.15) is 71.0 Å². The summed E-state index contributed by atoms with van der Waals surface area (Å²) < 4.78 is 47.3. The zero-order valence-corrected chi connectivity index (χ0v) is 25.1. The molecule has 1 fully saturated rings. The Morgan fingerprint density at radius 3 is 2.46 bits per heavy atom. The Bertz CT molecular complexity index is 1730. The maximum Gasteiger partial charge on any atom is 0.416 e. The number of anilines is 1. The normalized spacial score (nSPS) is 19.0. The van der Waals surface area contributed by atoms with Gasteiger partial charge in [0.25, 0.3) is 0 Å². The van der Waals surface area contributed by atoms with Crippen LogP contribution in [-0.4, -0.2) is 37.5 Å². The molecule has 3 aromatic carbocycles. The number of alkyl halides is 3. The van der Waals surface area contributed by atoms with Crippen LogP contribution in [0.3, 0.4) is 0 Å². The van der Waals surface area contributed by atoms with Crippen molar-refractivity contribution in [1.82, 2.24) is 24.8 Å². The third-order valence-corrected chi connectivity index (χ3v) is 8.35. The molecule has 0 aliphatic carbocycles. The predicted molar refractivity (Wildman–Crippen MR) is 167 cm³/mol. The number of nitrogens with one attached hydrogen (secondary N) is 2. The number of H-pyrrole nitrogens is 1. The molecule has 0 radical (unpaired) electrons. The average molecular weight is 627 g/mol. The molecule has 236 valence electrons. The molecule has 0 saturated carbocycles. The smallest absolute Gasteiger partial charge is 0.416 e. The van der Waals surface area contributed by atoms with Gasteiger partial charge in [-0.05, 0) is 48.1 Å². The number of halogens is 3. The summed E-state index contributed by atoms with van der Waals surface area (Å²) in [7, 11) is 0. The van der Waals surface area contributed by atoms with Crippen LogP contribution >= 0.6 is 0 Å². The molecule has 11 heteroatoms. The molecular weight excluding hydrogens is 593 g/mol. The molecule has 2 N–H and O–H groups in total. The number of hydrogen-bond donors (Lipinski definition) is 2. The summed E-state index contributed by atoms with van der Waals surface area (Å²) in [4.78, 5) is 32.1. The highest BCUT2D eigenvalue weighted by Crippen LogP contribution is 2.47. The number of nitrogens with zero attached hydrogens (tertiary/aromatic N) is 4. The van der Waals surface area contributed by atoms with Gasteiger partial charge < -0.3 is 15.0 Å². The number of benzene rings is 3. The van der Waals surface area contributed by atoms with Gasteiger partial charge in [-0.2, -0.15) is 13.2 Å². The van der Waals surface area contributed by atoms with Crippen molar-refractivity contribution in [3.05, 3.63) is 143 Å². The van der Waals surface area contributed by atoms with Crippen molar-refractivity contribution < 1.29 is 22.7 Å². The van der Waals surface area contributed by atoms with Crippen molar-refractivity contribution >= 4 is 12.0 Å². The zero-order chi connectivity index (χ0) is 32.1. The van der Waals surface area contributed by atoms with E-state index < -0.39 is 35.7 Å². The fraction of sp³-hybridized carbons (Fsp3) is 0.257. The third-order valence-electron chi connectivity index (χ3n) is 8.35. The van der Waals surface area contributed by atoms with E-state index in [4.69, 9.17) is 9.72 Å². The summed E-state index contributed by atoms with van der Waals surface area (Å²) >= 11 is 0. The van der Waals surface area contributed by atoms with Gasteiger partial charge in [0.15, 0.2) is 0 Å². The number of piperidine rings is 1. The molecule has 4 atom stereocenters.